The molecule has 1 N–H and O–H groups in total. The van der Waals surface area contributed by atoms with E-state index in [4.69, 9.17) is 4.42 Å². The van der Waals surface area contributed by atoms with E-state index in [1.54, 1.807) is 12.3 Å². The average molecular weight is 210 g/mol. The number of hydrogen-bond donors (Lipinski definition) is 1. The normalized spacial score (nSPS) is 10.8. The molecule has 78 valence electrons. The zero-order valence-corrected chi connectivity index (χ0v) is 8.55. The second-order valence-corrected chi connectivity index (χ2v) is 3.66. The summed E-state index contributed by atoms with van der Waals surface area (Å²) in [5, 5.41) is 11.6. The third kappa shape index (κ3) is 1.27. The molecule has 2 aromatic carbocycles. The van der Waals surface area contributed by atoms with E-state index in [0.717, 1.165) is 22.1 Å². The Morgan fingerprint density at radius 1 is 0.812 bits per heavy atom. The van der Waals surface area contributed by atoms with Gasteiger partial charge in [-0.3, -0.25) is 0 Å². The Balaban J connectivity index is 2.39. The molecular weight excluding hydrogens is 200 g/mol. The Morgan fingerprint density at radius 3 is 2.38 bits per heavy atom. The molecule has 0 aliphatic carbocycles. The number of phenolic OH excluding ortho intramolecular Hbond substituents is 1. The monoisotopic (exact) mass is 210 g/mol. The summed E-state index contributed by atoms with van der Waals surface area (Å²) in [6.07, 6.45) is 1.65. The van der Waals surface area contributed by atoms with Crippen molar-refractivity contribution in [1.82, 2.24) is 0 Å². The van der Waals surface area contributed by atoms with Gasteiger partial charge < -0.3 is 9.52 Å². The molecule has 2 nitrogen and oxygen atoms in total. The lowest BCUT2D eigenvalue weighted by molar-refractivity contribution is 0.481. The Morgan fingerprint density at radius 2 is 1.62 bits per heavy atom. The first kappa shape index (κ1) is 9.04. The molecule has 0 spiro atoms. The molecule has 1 heterocycles. The van der Waals surface area contributed by atoms with E-state index in [-0.39, 0.29) is 0 Å². The van der Waals surface area contributed by atoms with Gasteiger partial charge in [0.05, 0.1) is 6.26 Å². The molecule has 2 heteroatoms. The van der Waals surface area contributed by atoms with Gasteiger partial charge in [-0.05, 0) is 29.7 Å². The fourth-order valence-corrected chi connectivity index (χ4v) is 1.93. The molecule has 0 saturated heterocycles. The molecule has 3 aromatic rings. The molecule has 0 aliphatic heterocycles. The summed E-state index contributed by atoms with van der Waals surface area (Å²) in [5.74, 6) is 1.11. The van der Waals surface area contributed by atoms with Gasteiger partial charge in [0.2, 0.25) is 0 Å². The largest absolute Gasteiger partial charge is 0.507 e. The van der Waals surface area contributed by atoms with Crippen molar-refractivity contribution in [1.29, 1.82) is 0 Å². The van der Waals surface area contributed by atoms with Crippen LogP contribution >= 0.6 is 0 Å². The first-order chi connectivity index (χ1) is 7.86. The first-order valence-electron chi connectivity index (χ1n) is 5.11. The highest BCUT2D eigenvalue weighted by molar-refractivity contribution is 5.98. The summed E-state index contributed by atoms with van der Waals surface area (Å²) in [6, 6.07) is 15.1. The molecule has 3 rings (SSSR count). The average Bonchev–Trinajstić information content (AvgIpc) is 2.83. The van der Waals surface area contributed by atoms with Gasteiger partial charge in [-0.1, -0.05) is 24.3 Å². The lowest BCUT2D eigenvalue weighted by Crippen LogP contribution is -1.79. The highest BCUT2D eigenvalue weighted by Crippen LogP contribution is 2.33. The van der Waals surface area contributed by atoms with Crippen LogP contribution in [0.2, 0.25) is 0 Å². The van der Waals surface area contributed by atoms with E-state index in [0.29, 0.717) is 5.75 Å². The van der Waals surface area contributed by atoms with Gasteiger partial charge in [0, 0.05) is 10.9 Å². The topological polar surface area (TPSA) is 33.4 Å². The molecule has 0 aliphatic rings. The number of rotatable bonds is 1. The highest BCUT2D eigenvalue weighted by atomic mass is 16.3. The zero-order chi connectivity index (χ0) is 11.0. The van der Waals surface area contributed by atoms with Crippen LogP contribution in [0.5, 0.6) is 5.75 Å². The molecule has 16 heavy (non-hydrogen) atoms. The fourth-order valence-electron chi connectivity index (χ4n) is 1.93. The van der Waals surface area contributed by atoms with Crippen LogP contribution in [0.4, 0.5) is 0 Å². The zero-order valence-electron chi connectivity index (χ0n) is 8.55. The summed E-state index contributed by atoms with van der Waals surface area (Å²) in [6.45, 7) is 0. The van der Waals surface area contributed by atoms with E-state index in [9.17, 15) is 5.11 Å². The van der Waals surface area contributed by atoms with E-state index in [1.165, 1.54) is 0 Å². The Labute approximate surface area is 92.8 Å². The molecule has 0 bridgehead atoms. The summed E-state index contributed by atoms with van der Waals surface area (Å²) >= 11 is 0. The molecule has 0 atom stereocenters. The lowest BCUT2D eigenvalue weighted by atomic mass is 10.0. The molecule has 0 fully saturated rings. The summed E-state index contributed by atoms with van der Waals surface area (Å²) in [5.41, 5.74) is 0.999. The van der Waals surface area contributed by atoms with E-state index in [1.807, 2.05) is 42.5 Å². The van der Waals surface area contributed by atoms with Crippen molar-refractivity contribution in [3.05, 3.63) is 54.8 Å². The van der Waals surface area contributed by atoms with E-state index >= 15 is 0 Å². The van der Waals surface area contributed by atoms with Crippen molar-refractivity contribution >= 4 is 10.8 Å². The smallest absolute Gasteiger partial charge is 0.134 e. The van der Waals surface area contributed by atoms with Gasteiger partial charge in [-0.25, -0.2) is 0 Å². The van der Waals surface area contributed by atoms with Gasteiger partial charge in [-0.2, -0.15) is 0 Å². The van der Waals surface area contributed by atoms with Crippen molar-refractivity contribution in [3.63, 3.8) is 0 Å². The third-order valence-electron chi connectivity index (χ3n) is 2.69. The summed E-state index contributed by atoms with van der Waals surface area (Å²) < 4.78 is 5.39. The number of aromatic hydroxyl groups is 1. The van der Waals surface area contributed by atoms with Crippen LogP contribution < -0.4 is 0 Å². The number of fused-ring (bicyclic) bond motifs is 1. The van der Waals surface area contributed by atoms with Gasteiger partial charge in [0.25, 0.3) is 0 Å². The van der Waals surface area contributed by atoms with Crippen molar-refractivity contribution in [2.45, 2.75) is 0 Å². The van der Waals surface area contributed by atoms with Crippen molar-refractivity contribution in [3.8, 4) is 17.1 Å². The molecule has 0 unspecified atom stereocenters. The molecule has 0 radical (unpaired) electrons. The SMILES string of the molecule is Oc1ccc(-c2ccco2)c2ccccc12. The minimum Gasteiger partial charge on any atom is -0.507 e. The quantitative estimate of drug-likeness (QED) is 0.662. The predicted octanol–water partition coefficient (Wildman–Crippen LogP) is 3.81. The van der Waals surface area contributed by atoms with Crippen LogP contribution in [-0.4, -0.2) is 5.11 Å². The Kier molecular flexibility index (Phi) is 1.93. The predicted molar refractivity (Wildman–Crippen MR) is 63.3 cm³/mol. The molecule has 0 saturated carbocycles. The summed E-state index contributed by atoms with van der Waals surface area (Å²) in [7, 11) is 0. The minimum absolute atomic E-state index is 0.297. The van der Waals surface area contributed by atoms with E-state index < -0.39 is 0 Å². The number of benzene rings is 2. The standard InChI is InChI=1S/C14H10O2/c15-13-8-7-12(14-6-3-9-16-14)10-4-1-2-5-11(10)13/h1-9,15H. The van der Waals surface area contributed by atoms with Gasteiger partial charge in [0.15, 0.2) is 0 Å². The second-order valence-electron chi connectivity index (χ2n) is 3.66. The fraction of sp³-hybridized carbons (Fsp3) is 0. The van der Waals surface area contributed by atoms with Crippen LogP contribution in [-0.2, 0) is 0 Å². The maximum atomic E-state index is 9.76. The molecule has 1 aromatic heterocycles. The number of furan rings is 1. The molecule has 0 amide bonds. The first-order valence-corrected chi connectivity index (χ1v) is 5.11. The second kappa shape index (κ2) is 3.42. The number of hydrogen-bond acceptors (Lipinski definition) is 2. The highest BCUT2D eigenvalue weighted by Gasteiger charge is 2.07. The van der Waals surface area contributed by atoms with Crippen LogP contribution in [0.1, 0.15) is 0 Å². The van der Waals surface area contributed by atoms with Gasteiger partial charge in [0.1, 0.15) is 11.5 Å². The van der Waals surface area contributed by atoms with Crippen LogP contribution in [0.15, 0.2) is 59.2 Å². The van der Waals surface area contributed by atoms with Crippen molar-refractivity contribution in [2.75, 3.05) is 0 Å². The van der Waals surface area contributed by atoms with Crippen LogP contribution in [0, 0.1) is 0 Å². The Bertz CT molecular complexity index is 624. The number of phenols is 1. The lowest BCUT2D eigenvalue weighted by Gasteiger charge is -2.05. The maximum Gasteiger partial charge on any atom is 0.134 e. The van der Waals surface area contributed by atoms with Crippen LogP contribution in [0.25, 0.3) is 22.1 Å². The third-order valence-corrected chi connectivity index (χ3v) is 2.69. The Hall–Kier alpha value is -2.22. The van der Waals surface area contributed by atoms with Crippen molar-refractivity contribution < 1.29 is 9.52 Å². The van der Waals surface area contributed by atoms with Gasteiger partial charge in [-0.15, -0.1) is 0 Å². The van der Waals surface area contributed by atoms with Gasteiger partial charge >= 0.3 is 0 Å². The molecular formula is C14H10O2. The summed E-state index contributed by atoms with van der Waals surface area (Å²) in [4.78, 5) is 0. The van der Waals surface area contributed by atoms with Crippen molar-refractivity contribution in [2.24, 2.45) is 0 Å². The van der Waals surface area contributed by atoms with E-state index in [2.05, 4.69) is 0 Å². The minimum atomic E-state index is 0.297. The maximum absolute atomic E-state index is 9.76. The van der Waals surface area contributed by atoms with Crippen LogP contribution in [0.3, 0.4) is 0 Å².